The van der Waals surface area contributed by atoms with E-state index in [0.29, 0.717) is 26.2 Å². The van der Waals surface area contributed by atoms with E-state index in [2.05, 4.69) is 10.4 Å². The van der Waals surface area contributed by atoms with E-state index in [1.54, 1.807) is 0 Å². The van der Waals surface area contributed by atoms with Crippen LogP contribution in [-0.4, -0.2) is 41.2 Å². The monoisotopic (exact) mass is 354 g/mol. The lowest BCUT2D eigenvalue weighted by molar-refractivity contribution is -0.126. The van der Waals surface area contributed by atoms with E-state index in [0.717, 1.165) is 43.5 Å². The number of hydrogen-bond donors (Lipinski definition) is 1. The molecule has 1 amide bonds. The summed E-state index contributed by atoms with van der Waals surface area (Å²) in [5, 5.41) is 7.51. The topological polar surface area (TPSA) is 84.3 Å². The second-order valence-electron chi connectivity index (χ2n) is 6.85. The molecule has 134 valence electrons. The Morgan fingerprint density at radius 2 is 2.00 bits per heavy atom. The van der Waals surface area contributed by atoms with Crippen LogP contribution in [0.2, 0.25) is 0 Å². The number of sulfonamides is 1. The van der Waals surface area contributed by atoms with Gasteiger partial charge in [0.25, 0.3) is 0 Å². The molecule has 0 spiro atoms. The Balaban J connectivity index is 1.61. The maximum atomic E-state index is 12.2. The highest BCUT2D eigenvalue weighted by molar-refractivity contribution is 7.88. The molecule has 0 radical (unpaired) electrons. The van der Waals surface area contributed by atoms with Crippen molar-refractivity contribution in [2.75, 3.05) is 12.8 Å². The average molecular weight is 354 g/mol. The van der Waals surface area contributed by atoms with Gasteiger partial charge in [-0.05, 0) is 25.3 Å². The van der Waals surface area contributed by atoms with Crippen LogP contribution in [0.25, 0.3) is 0 Å². The van der Waals surface area contributed by atoms with Gasteiger partial charge in [-0.2, -0.15) is 9.40 Å². The van der Waals surface area contributed by atoms with Gasteiger partial charge in [0.1, 0.15) is 0 Å². The minimum absolute atomic E-state index is 0.121. The largest absolute Gasteiger partial charge is 0.350 e. The van der Waals surface area contributed by atoms with Gasteiger partial charge in [0.05, 0.1) is 30.7 Å². The highest BCUT2D eigenvalue weighted by atomic mass is 32.2. The number of nitrogens with one attached hydrogen (secondary N) is 1. The first-order chi connectivity index (χ1) is 11.4. The van der Waals surface area contributed by atoms with Gasteiger partial charge in [0.15, 0.2) is 0 Å². The number of hydrogen-bond acceptors (Lipinski definition) is 4. The van der Waals surface area contributed by atoms with Gasteiger partial charge in [-0.25, -0.2) is 8.42 Å². The number of carbonyl (C=O) groups is 1. The first-order valence-electron chi connectivity index (χ1n) is 8.72. The summed E-state index contributed by atoms with van der Waals surface area (Å²) in [6.07, 6.45) is 7.45. The molecule has 1 N–H and O–H groups in total. The lowest BCUT2D eigenvalue weighted by atomic mass is 9.89. The Morgan fingerprint density at radius 1 is 1.25 bits per heavy atom. The van der Waals surface area contributed by atoms with E-state index in [9.17, 15) is 13.2 Å². The first-order valence-corrected chi connectivity index (χ1v) is 10.6. The predicted molar refractivity (Wildman–Crippen MR) is 90.5 cm³/mol. The maximum absolute atomic E-state index is 12.2. The van der Waals surface area contributed by atoms with E-state index in [1.165, 1.54) is 17.0 Å². The Morgan fingerprint density at radius 3 is 2.71 bits per heavy atom. The molecule has 2 aliphatic rings. The van der Waals surface area contributed by atoms with Crippen molar-refractivity contribution in [1.29, 1.82) is 0 Å². The number of carbonyl (C=O) groups excluding carboxylic acids is 1. The smallest absolute Gasteiger partial charge is 0.223 e. The van der Waals surface area contributed by atoms with E-state index in [1.807, 2.05) is 10.7 Å². The van der Waals surface area contributed by atoms with Crippen LogP contribution in [0.4, 0.5) is 0 Å². The van der Waals surface area contributed by atoms with Crippen molar-refractivity contribution < 1.29 is 13.2 Å². The third-order valence-electron chi connectivity index (χ3n) is 4.92. The Labute approximate surface area is 143 Å². The van der Waals surface area contributed by atoms with Crippen LogP contribution in [0.1, 0.15) is 49.9 Å². The molecule has 1 aromatic heterocycles. The molecule has 2 heterocycles. The third kappa shape index (κ3) is 4.16. The van der Waals surface area contributed by atoms with Crippen molar-refractivity contribution >= 4 is 15.9 Å². The summed E-state index contributed by atoms with van der Waals surface area (Å²) < 4.78 is 26.9. The molecule has 1 aliphatic carbocycles. The fourth-order valence-electron chi connectivity index (χ4n) is 3.55. The highest BCUT2D eigenvalue weighted by Gasteiger charge is 2.24. The minimum Gasteiger partial charge on any atom is -0.350 e. The summed E-state index contributed by atoms with van der Waals surface area (Å²) in [4.78, 5) is 12.2. The van der Waals surface area contributed by atoms with Gasteiger partial charge in [-0.15, -0.1) is 0 Å². The molecule has 0 aromatic carbocycles. The second kappa shape index (κ2) is 7.23. The Kier molecular flexibility index (Phi) is 5.24. The van der Waals surface area contributed by atoms with Crippen LogP contribution >= 0.6 is 0 Å². The molecule has 1 aromatic rings. The van der Waals surface area contributed by atoms with Gasteiger partial charge in [0.2, 0.25) is 15.9 Å². The van der Waals surface area contributed by atoms with Gasteiger partial charge in [-0.3, -0.25) is 9.48 Å². The van der Waals surface area contributed by atoms with Gasteiger partial charge < -0.3 is 5.32 Å². The van der Waals surface area contributed by atoms with E-state index >= 15 is 0 Å². The number of aryl methyl sites for hydroxylation is 1. The fraction of sp³-hybridized carbons (Fsp3) is 0.750. The quantitative estimate of drug-likeness (QED) is 0.882. The number of rotatable bonds is 4. The van der Waals surface area contributed by atoms with Gasteiger partial charge in [-0.1, -0.05) is 19.3 Å². The second-order valence-corrected chi connectivity index (χ2v) is 8.84. The predicted octanol–water partition coefficient (Wildman–Crippen LogP) is 1.24. The molecule has 0 saturated heterocycles. The standard InChI is InChI=1S/C16H26N4O3S/c1-24(22,23)19-8-5-9-20-15(12-19)10-14(18-20)11-17-16(21)13-6-3-2-4-7-13/h10,13H,2-9,11-12H2,1H3,(H,17,21). The molecular weight excluding hydrogens is 328 g/mol. The van der Waals surface area contributed by atoms with Gasteiger partial charge >= 0.3 is 0 Å². The molecule has 7 nitrogen and oxygen atoms in total. The highest BCUT2D eigenvalue weighted by Crippen LogP contribution is 2.23. The number of aromatic nitrogens is 2. The van der Waals surface area contributed by atoms with Crippen LogP contribution in [0.15, 0.2) is 6.07 Å². The molecule has 24 heavy (non-hydrogen) atoms. The molecule has 1 aliphatic heterocycles. The molecule has 0 unspecified atom stereocenters. The zero-order chi connectivity index (χ0) is 17.2. The fourth-order valence-corrected chi connectivity index (χ4v) is 4.38. The third-order valence-corrected chi connectivity index (χ3v) is 6.17. The Hall–Kier alpha value is -1.41. The summed E-state index contributed by atoms with van der Waals surface area (Å²) in [7, 11) is -3.20. The van der Waals surface area contributed by atoms with Crippen LogP contribution in [0.5, 0.6) is 0 Å². The van der Waals surface area contributed by atoms with Crippen LogP contribution < -0.4 is 5.32 Å². The SMILES string of the molecule is CS(=O)(=O)N1CCCn2nc(CNC(=O)C3CCCCC3)cc2C1. The molecule has 3 rings (SSSR count). The molecule has 1 fully saturated rings. The van der Waals surface area contributed by atoms with Crippen molar-refractivity contribution in [3.8, 4) is 0 Å². The molecule has 1 saturated carbocycles. The Bertz CT molecular complexity index is 692. The molecule has 8 heteroatoms. The van der Waals surface area contributed by atoms with Crippen molar-refractivity contribution in [3.05, 3.63) is 17.5 Å². The van der Waals surface area contributed by atoms with E-state index in [4.69, 9.17) is 0 Å². The first kappa shape index (κ1) is 17.4. The maximum Gasteiger partial charge on any atom is 0.223 e. The van der Waals surface area contributed by atoms with E-state index < -0.39 is 10.0 Å². The summed E-state index contributed by atoms with van der Waals surface area (Å²) in [6.45, 7) is 1.99. The normalized spacial score (nSPS) is 20.4. The summed E-state index contributed by atoms with van der Waals surface area (Å²) in [5.41, 5.74) is 1.68. The van der Waals surface area contributed by atoms with Crippen molar-refractivity contribution in [3.63, 3.8) is 0 Å². The molecule has 0 atom stereocenters. The van der Waals surface area contributed by atoms with Crippen LogP contribution in [0.3, 0.4) is 0 Å². The zero-order valence-electron chi connectivity index (χ0n) is 14.2. The number of amides is 1. The number of nitrogens with zero attached hydrogens (tertiary/aromatic N) is 3. The lowest BCUT2D eigenvalue weighted by Crippen LogP contribution is -2.31. The van der Waals surface area contributed by atoms with Crippen LogP contribution in [-0.2, 0) is 34.5 Å². The van der Waals surface area contributed by atoms with Crippen molar-refractivity contribution in [2.24, 2.45) is 5.92 Å². The molecular formula is C16H26N4O3S. The summed E-state index contributed by atoms with van der Waals surface area (Å²) in [5.74, 6) is 0.260. The average Bonchev–Trinajstić information content (AvgIpc) is 2.82. The van der Waals surface area contributed by atoms with Crippen molar-refractivity contribution in [2.45, 2.75) is 58.2 Å². The zero-order valence-corrected chi connectivity index (χ0v) is 15.0. The van der Waals surface area contributed by atoms with E-state index in [-0.39, 0.29) is 11.8 Å². The summed E-state index contributed by atoms with van der Waals surface area (Å²) >= 11 is 0. The molecule has 0 bridgehead atoms. The van der Waals surface area contributed by atoms with Crippen molar-refractivity contribution in [1.82, 2.24) is 19.4 Å². The number of fused-ring (bicyclic) bond motifs is 1. The summed E-state index contributed by atoms with van der Waals surface area (Å²) in [6, 6.07) is 1.91. The van der Waals surface area contributed by atoms with Gasteiger partial charge in [0, 0.05) is 19.0 Å². The van der Waals surface area contributed by atoms with Crippen LogP contribution in [0, 0.1) is 5.92 Å². The minimum atomic E-state index is -3.20. The lowest BCUT2D eigenvalue weighted by Gasteiger charge is -2.20.